The Kier molecular flexibility index (Phi) is 4.93. The summed E-state index contributed by atoms with van der Waals surface area (Å²) in [5, 5.41) is 0.155. The van der Waals surface area contributed by atoms with E-state index in [0.717, 1.165) is 5.56 Å². The maximum atomic E-state index is 12.5. The van der Waals surface area contributed by atoms with E-state index in [1.807, 2.05) is 19.1 Å². The van der Waals surface area contributed by atoms with Crippen molar-refractivity contribution in [3.05, 3.63) is 57.0 Å². The number of sulfonamides is 1. The van der Waals surface area contributed by atoms with Crippen molar-refractivity contribution in [2.45, 2.75) is 18.4 Å². The Morgan fingerprint density at radius 3 is 2.57 bits per heavy atom. The second-order valence-corrected chi connectivity index (χ2v) is 7.47. The van der Waals surface area contributed by atoms with E-state index in [-0.39, 0.29) is 16.5 Å². The molecular weight excluding hydrogens is 376 g/mol. The number of anilines is 1. The molecule has 3 N–H and O–H groups in total. The highest BCUT2D eigenvalue weighted by Gasteiger charge is 2.19. The van der Waals surface area contributed by atoms with Crippen LogP contribution in [-0.2, 0) is 16.6 Å². The van der Waals surface area contributed by atoms with Crippen LogP contribution in [0.1, 0.15) is 11.1 Å². The number of rotatable bonds is 4. The third-order valence-corrected chi connectivity index (χ3v) is 5.39. The van der Waals surface area contributed by atoms with Gasteiger partial charge in [0.1, 0.15) is 4.90 Å². The predicted molar refractivity (Wildman–Crippen MR) is 89.0 cm³/mol. The minimum atomic E-state index is -3.78. The number of aryl methyl sites for hydroxylation is 1. The van der Waals surface area contributed by atoms with Crippen LogP contribution in [0, 0.1) is 6.92 Å². The molecule has 2 aromatic carbocycles. The molecular formula is C14H14BrClN2O2S. The average Bonchev–Trinajstić information content (AvgIpc) is 2.42. The van der Waals surface area contributed by atoms with Crippen LogP contribution in [0.25, 0.3) is 0 Å². The monoisotopic (exact) mass is 388 g/mol. The molecule has 112 valence electrons. The highest BCUT2D eigenvalue weighted by atomic mass is 79.9. The lowest BCUT2D eigenvalue weighted by Crippen LogP contribution is -2.14. The molecule has 0 spiro atoms. The minimum absolute atomic E-state index is 0.0135. The molecule has 0 bridgehead atoms. The Morgan fingerprint density at radius 1 is 1.24 bits per heavy atom. The normalized spacial score (nSPS) is 11.4. The van der Waals surface area contributed by atoms with E-state index in [1.54, 1.807) is 12.1 Å². The van der Waals surface area contributed by atoms with E-state index in [2.05, 4.69) is 20.7 Å². The fourth-order valence-corrected chi connectivity index (χ4v) is 4.14. The fraction of sp³-hybridized carbons (Fsp3) is 0.143. The summed E-state index contributed by atoms with van der Waals surface area (Å²) in [7, 11) is -3.78. The third kappa shape index (κ3) is 3.77. The summed E-state index contributed by atoms with van der Waals surface area (Å²) in [6, 6.07) is 10.0. The first kappa shape index (κ1) is 16.3. The molecule has 4 nitrogen and oxygen atoms in total. The lowest BCUT2D eigenvalue weighted by atomic mass is 10.2. The molecule has 2 rings (SSSR count). The summed E-state index contributed by atoms with van der Waals surface area (Å²) >= 11 is 9.34. The van der Waals surface area contributed by atoms with Gasteiger partial charge in [-0.2, -0.15) is 0 Å². The van der Waals surface area contributed by atoms with E-state index in [9.17, 15) is 8.42 Å². The second kappa shape index (κ2) is 6.36. The molecule has 2 aromatic rings. The molecule has 0 aliphatic rings. The van der Waals surface area contributed by atoms with Gasteiger partial charge in [0.2, 0.25) is 0 Å². The first-order chi connectivity index (χ1) is 9.83. The van der Waals surface area contributed by atoms with Gasteiger partial charge in [-0.25, -0.2) is 8.42 Å². The number of hydrogen-bond donors (Lipinski definition) is 2. The molecule has 0 aromatic heterocycles. The van der Waals surface area contributed by atoms with E-state index in [1.165, 1.54) is 12.1 Å². The van der Waals surface area contributed by atoms with Crippen molar-refractivity contribution in [2.75, 3.05) is 4.72 Å². The smallest absolute Gasteiger partial charge is 0.263 e. The third-order valence-electron chi connectivity index (χ3n) is 2.89. The minimum Gasteiger partial charge on any atom is -0.326 e. The zero-order chi connectivity index (χ0) is 15.6. The predicted octanol–water partition coefficient (Wildman–Crippen LogP) is 3.67. The maximum Gasteiger partial charge on any atom is 0.263 e. The maximum absolute atomic E-state index is 12.5. The molecule has 0 aliphatic heterocycles. The number of halogens is 2. The molecule has 0 fully saturated rings. The van der Waals surface area contributed by atoms with Crippen molar-refractivity contribution >= 4 is 43.2 Å². The highest BCUT2D eigenvalue weighted by molar-refractivity contribution is 9.10. The van der Waals surface area contributed by atoms with Crippen LogP contribution in [0.3, 0.4) is 0 Å². The Morgan fingerprint density at radius 2 is 1.95 bits per heavy atom. The van der Waals surface area contributed by atoms with Crippen molar-refractivity contribution < 1.29 is 8.42 Å². The molecule has 0 atom stereocenters. The molecule has 0 saturated heterocycles. The van der Waals surface area contributed by atoms with Gasteiger partial charge in [0, 0.05) is 11.0 Å². The SMILES string of the molecule is Cc1ccc(NS(=O)(=O)c2cc(CN)ccc2Cl)c(Br)c1. The van der Waals surface area contributed by atoms with Crippen molar-refractivity contribution in [2.24, 2.45) is 5.73 Å². The first-order valence-corrected chi connectivity index (χ1v) is 8.76. The second-order valence-electron chi connectivity index (χ2n) is 4.56. The molecule has 7 heteroatoms. The van der Waals surface area contributed by atoms with Gasteiger partial charge in [0.15, 0.2) is 0 Å². The zero-order valence-electron chi connectivity index (χ0n) is 11.2. The lowest BCUT2D eigenvalue weighted by Gasteiger charge is -2.12. The first-order valence-electron chi connectivity index (χ1n) is 6.11. The summed E-state index contributed by atoms with van der Waals surface area (Å²) in [5.41, 5.74) is 7.71. The fourth-order valence-electron chi connectivity index (χ4n) is 1.78. The largest absolute Gasteiger partial charge is 0.326 e. The lowest BCUT2D eigenvalue weighted by molar-refractivity contribution is 0.601. The number of benzene rings is 2. The number of hydrogen-bond acceptors (Lipinski definition) is 3. The van der Waals surface area contributed by atoms with Crippen LogP contribution >= 0.6 is 27.5 Å². The van der Waals surface area contributed by atoms with Gasteiger partial charge in [0.25, 0.3) is 10.0 Å². The summed E-state index contributed by atoms with van der Waals surface area (Å²) in [4.78, 5) is 0.0135. The summed E-state index contributed by atoms with van der Waals surface area (Å²) < 4.78 is 28.1. The van der Waals surface area contributed by atoms with Gasteiger partial charge < -0.3 is 5.73 Å². The van der Waals surface area contributed by atoms with E-state index in [0.29, 0.717) is 15.7 Å². The van der Waals surface area contributed by atoms with Gasteiger partial charge in [-0.05, 0) is 58.2 Å². The van der Waals surface area contributed by atoms with Gasteiger partial charge in [-0.15, -0.1) is 0 Å². The van der Waals surface area contributed by atoms with Crippen molar-refractivity contribution in [3.8, 4) is 0 Å². The van der Waals surface area contributed by atoms with Gasteiger partial charge >= 0.3 is 0 Å². The van der Waals surface area contributed by atoms with Crippen molar-refractivity contribution in [1.82, 2.24) is 0 Å². The molecule has 0 heterocycles. The van der Waals surface area contributed by atoms with E-state index >= 15 is 0 Å². The quantitative estimate of drug-likeness (QED) is 0.838. The molecule has 0 aliphatic carbocycles. The number of nitrogens with two attached hydrogens (primary N) is 1. The molecule has 0 radical (unpaired) electrons. The Balaban J connectivity index is 2.43. The van der Waals surface area contributed by atoms with Crippen LogP contribution in [0.5, 0.6) is 0 Å². The van der Waals surface area contributed by atoms with Crippen molar-refractivity contribution in [1.29, 1.82) is 0 Å². The average molecular weight is 390 g/mol. The Hall–Kier alpha value is -1.08. The standard InChI is InChI=1S/C14H14BrClN2O2S/c1-9-2-5-13(11(15)6-9)18-21(19,20)14-7-10(8-17)3-4-12(14)16/h2-7,18H,8,17H2,1H3. The Bertz CT molecular complexity index is 779. The molecule has 21 heavy (non-hydrogen) atoms. The van der Waals surface area contributed by atoms with Gasteiger partial charge in [-0.1, -0.05) is 23.7 Å². The van der Waals surface area contributed by atoms with Gasteiger partial charge in [-0.3, -0.25) is 4.72 Å². The van der Waals surface area contributed by atoms with Crippen molar-refractivity contribution in [3.63, 3.8) is 0 Å². The summed E-state index contributed by atoms with van der Waals surface area (Å²) in [5.74, 6) is 0. The Labute approximate surface area is 137 Å². The number of nitrogens with one attached hydrogen (secondary N) is 1. The highest BCUT2D eigenvalue weighted by Crippen LogP contribution is 2.29. The molecule has 0 unspecified atom stereocenters. The zero-order valence-corrected chi connectivity index (χ0v) is 14.4. The van der Waals surface area contributed by atoms with Crippen LogP contribution in [0.4, 0.5) is 5.69 Å². The van der Waals surface area contributed by atoms with Crippen LogP contribution in [0.2, 0.25) is 5.02 Å². The van der Waals surface area contributed by atoms with Crippen LogP contribution in [0.15, 0.2) is 45.8 Å². The van der Waals surface area contributed by atoms with Gasteiger partial charge in [0.05, 0.1) is 10.7 Å². The van der Waals surface area contributed by atoms with Crippen LogP contribution in [-0.4, -0.2) is 8.42 Å². The molecule has 0 saturated carbocycles. The van der Waals surface area contributed by atoms with E-state index < -0.39 is 10.0 Å². The van der Waals surface area contributed by atoms with Crippen LogP contribution < -0.4 is 10.5 Å². The topological polar surface area (TPSA) is 72.2 Å². The molecule has 0 amide bonds. The van der Waals surface area contributed by atoms with E-state index in [4.69, 9.17) is 17.3 Å². The summed E-state index contributed by atoms with van der Waals surface area (Å²) in [6.07, 6.45) is 0. The summed E-state index contributed by atoms with van der Waals surface area (Å²) in [6.45, 7) is 2.17.